The Kier molecular flexibility index (Phi) is 1.53. The van der Waals surface area contributed by atoms with Gasteiger partial charge in [-0.3, -0.25) is 4.99 Å². The Balaban J connectivity index is 2.49. The maximum Gasteiger partial charge on any atom is 0.349 e. The van der Waals surface area contributed by atoms with E-state index in [2.05, 4.69) is 10.3 Å². The highest BCUT2D eigenvalue weighted by Crippen LogP contribution is 1.87. The van der Waals surface area contributed by atoms with Gasteiger partial charge in [0.05, 0.1) is 0 Å². The molecule has 1 heterocycles. The smallest absolute Gasteiger partial charge is 0.257 e. The Morgan fingerprint density at radius 2 is 2.62 bits per heavy atom. The molecule has 1 rings (SSSR count). The van der Waals surface area contributed by atoms with Crippen LogP contribution in [0.1, 0.15) is 0 Å². The fourth-order valence-electron chi connectivity index (χ4n) is 0.499. The Bertz CT molecular complexity index is 143. The molecular formula is C4H7N2OS+. The lowest BCUT2D eigenvalue weighted by Gasteiger charge is -1.80. The van der Waals surface area contributed by atoms with Gasteiger partial charge < -0.3 is 0 Å². The first-order valence-corrected chi connectivity index (χ1v) is 3.50. The van der Waals surface area contributed by atoms with Crippen LogP contribution >= 0.6 is 11.8 Å². The van der Waals surface area contributed by atoms with E-state index in [0.717, 1.165) is 5.17 Å². The molecule has 0 bridgehead atoms. The van der Waals surface area contributed by atoms with Crippen molar-refractivity contribution in [3.05, 3.63) is 0 Å². The maximum atomic E-state index is 10.4. The van der Waals surface area contributed by atoms with Gasteiger partial charge >= 0.3 is 11.1 Å². The summed E-state index contributed by atoms with van der Waals surface area (Å²) in [6.07, 6.45) is 1.91. The van der Waals surface area contributed by atoms with E-state index >= 15 is 0 Å². The van der Waals surface area contributed by atoms with Gasteiger partial charge in [-0.2, -0.15) is 0 Å². The molecule has 0 atom stereocenters. The first-order chi connectivity index (χ1) is 3.83. The van der Waals surface area contributed by atoms with Gasteiger partial charge in [-0.25, -0.2) is 10.1 Å². The van der Waals surface area contributed by atoms with Gasteiger partial charge in [-0.1, -0.05) is 0 Å². The second-order valence-corrected chi connectivity index (χ2v) is 2.25. The van der Waals surface area contributed by atoms with Crippen molar-refractivity contribution < 1.29 is 9.79 Å². The molecule has 44 valence electrons. The van der Waals surface area contributed by atoms with Crippen molar-refractivity contribution >= 4 is 22.8 Å². The number of nitrogens with one attached hydrogen (secondary N) is 2. The summed E-state index contributed by atoms with van der Waals surface area (Å²) in [7, 11) is 0. The molecule has 0 aromatic carbocycles. The zero-order chi connectivity index (χ0) is 5.98. The summed E-state index contributed by atoms with van der Waals surface area (Å²) in [5, 5.41) is 3.49. The minimum Gasteiger partial charge on any atom is -0.257 e. The van der Waals surface area contributed by atoms with Crippen molar-refractivity contribution in [3.63, 3.8) is 0 Å². The van der Waals surface area contributed by atoms with E-state index in [1.807, 2.05) is 6.26 Å². The van der Waals surface area contributed by atoms with Crippen molar-refractivity contribution in [2.75, 3.05) is 12.8 Å². The summed E-state index contributed by atoms with van der Waals surface area (Å²) >= 11 is 1.51. The highest BCUT2D eigenvalue weighted by atomic mass is 32.2. The third-order valence-corrected chi connectivity index (χ3v) is 1.52. The van der Waals surface area contributed by atoms with Crippen molar-refractivity contribution in [1.29, 1.82) is 0 Å². The van der Waals surface area contributed by atoms with Crippen LogP contribution < -0.4 is 10.3 Å². The van der Waals surface area contributed by atoms with Crippen molar-refractivity contribution in [3.8, 4) is 0 Å². The molecule has 1 amide bonds. The number of rotatable bonds is 0. The van der Waals surface area contributed by atoms with E-state index in [1.165, 1.54) is 11.8 Å². The predicted octanol–water partition coefficient (Wildman–Crippen LogP) is -2.08. The lowest BCUT2D eigenvalue weighted by Crippen LogP contribution is -2.69. The second-order valence-electron chi connectivity index (χ2n) is 1.43. The molecule has 0 aromatic heterocycles. The van der Waals surface area contributed by atoms with Crippen LogP contribution in [-0.4, -0.2) is 23.9 Å². The first-order valence-electron chi connectivity index (χ1n) is 2.27. The van der Waals surface area contributed by atoms with Gasteiger partial charge in [-0.15, -0.1) is 0 Å². The molecular weight excluding hydrogens is 124 g/mol. The molecule has 0 radical (unpaired) electrons. The van der Waals surface area contributed by atoms with Crippen LogP contribution in [-0.2, 0) is 4.79 Å². The van der Waals surface area contributed by atoms with Crippen molar-refractivity contribution in [1.82, 2.24) is 5.32 Å². The standard InChI is InChI=1S/C4H6N2OS/c1-8-4-5-2-3(7)6-4/h2H2,1H3,(H,5,6,7)/p+1. The minimum absolute atomic E-state index is 0.0503. The maximum absolute atomic E-state index is 10.4. The van der Waals surface area contributed by atoms with Gasteiger partial charge in [-0.05, 0) is 18.0 Å². The second kappa shape index (κ2) is 2.17. The lowest BCUT2D eigenvalue weighted by molar-refractivity contribution is -0.434. The number of thioether (sulfide) groups is 1. The van der Waals surface area contributed by atoms with Crippen LogP contribution in [0.4, 0.5) is 0 Å². The van der Waals surface area contributed by atoms with Gasteiger partial charge in [0, 0.05) is 0 Å². The Morgan fingerprint density at radius 3 is 2.88 bits per heavy atom. The van der Waals surface area contributed by atoms with Crippen LogP contribution in [0.3, 0.4) is 0 Å². The van der Waals surface area contributed by atoms with E-state index < -0.39 is 0 Å². The third kappa shape index (κ3) is 1.01. The molecule has 3 nitrogen and oxygen atoms in total. The highest BCUT2D eigenvalue weighted by Gasteiger charge is 2.19. The van der Waals surface area contributed by atoms with Crippen LogP contribution in [0.2, 0.25) is 0 Å². The molecule has 0 saturated heterocycles. The van der Waals surface area contributed by atoms with Crippen LogP contribution in [0.15, 0.2) is 0 Å². The van der Waals surface area contributed by atoms with Crippen LogP contribution in [0, 0.1) is 0 Å². The number of amidine groups is 1. The number of carbonyl (C=O) groups is 1. The normalized spacial score (nSPS) is 18.1. The Labute approximate surface area is 51.6 Å². The van der Waals surface area contributed by atoms with E-state index in [0.29, 0.717) is 6.54 Å². The summed E-state index contributed by atoms with van der Waals surface area (Å²) in [6, 6.07) is 0. The summed E-state index contributed by atoms with van der Waals surface area (Å²) in [4.78, 5) is 13.3. The Morgan fingerprint density at radius 1 is 1.88 bits per heavy atom. The molecule has 1 aliphatic rings. The van der Waals surface area contributed by atoms with E-state index in [4.69, 9.17) is 0 Å². The summed E-state index contributed by atoms with van der Waals surface area (Å²) in [5.74, 6) is 0.0503. The zero-order valence-corrected chi connectivity index (χ0v) is 5.34. The molecule has 0 fully saturated rings. The monoisotopic (exact) mass is 131 g/mol. The minimum atomic E-state index is 0.0503. The number of hydrogen-bond donors (Lipinski definition) is 2. The third-order valence-electron chi connectivity index (χ3n) is 0.867. The molecule has 2 N–H and O–H groups in total. The van der Waals surface area contributed by atoms with Gasteiger partial charge in [0.15, 0.2) is 6.54 Å². The lowest BCUT2D eigenvalue weighted by atomic mass is 10.7. The molecule has 4 heteroatoms. The molecule has 8 heavy (non-hydrogen) atoms. The van der Waals surface area contributed by atoms with E-state index in [9.17, 15) is 4.79 Å². The quantitative estimate of drug-likeness (QED) is 0.396. The molecule has 0 spiro atoms. The Hall–Kier alpha value is -0.510. The first kappa shape index (κ1) is 5.62. The van der Waals surface area contributed by atoms with E-state index in [1.54, 1.807) is 0 Å². The molecule has 0 aliphatic carbocycles. The van der Waals surface area contributed by atoms with Crippen LogP contribution in [0.25, 0.3) is 0 Å². The number of carbonyl (C=O) groups excluding carboxylic acids is 1. The number of hydrogen-bond acceptors (Lipinski definition) is 2. The van der Waals surface area contributed by atoms with Crippen molar-refractivity contribution in [2.45, 2.75) is 0 Å². The zero-order valence-electron chi connectivity index (χ0n) is 4.52. The van der Waals surface area contributed by atoms with Gasteiger partial charge in [0.1, 0.15) is 0 Å². The van der Waals surface area contributed by atoms with Crippen LogP contribution in [0.5, 0.6) is 0 Å². The largest absolute Gasteiger partial charge is 0.349 e. The highest BCUT2D eigenvalue weighted by molar-refractivity contribution is 8.13. The topological polar surface area (TPSA) is 43.1 Å². The van der Waals surface area contributed by atoms with E-state index in [-0.39, 0.29) is 5.91 Å². The molecule has 0 unspecified atom stereocenters. The average Bonchev–Trinajstić information content (AvgIpc) is 2.14. The molecule has 0 aromatic rings. The summed E-state index contributed by atoms with van der Waals surface area (Å²) in [5.41, 5.74) is 0. The van der Waals surface area contributed by atoms with Crippen molar-refractivity contribution in [2.24, 2.45) is 0 Å². The fraction of sp³-hybridized carbons (Fsp3) is 0.500. The predicted molar refractivity (Wildman–Crippen MR) is 32.5 cm³/mol. The molecule has 0 saturated carbocycles. The molecule has 1 aliphatic heterocycles. The SMILES string of the molecule is CSC1=[NH+]CC(=O)N1. The number of amides is 1. The van der Waals surface area contributed by atoms with Gasteiger partial charge in [0.25, 0.3) is 0 Å². The summed E-state index contributed by atoms with van der Waals surface area (Å²) in [6.45, 7) is 0.427. The summed E-state index contributed by atoms with van der Waals surface area (Å²) < 4.78 is 0. The fourth-order valence-corrected chi connectivity index (χ4v) is 0.931. The van der Waals surface area contributed by atoms with Gasteiger partial charge in [0.2, 0.25) is 0 Å². The average molecular weight is 131 g/mol.